The zero-order valence-corrected chi connectivity index (χ0v) is 21.8. The number of carbonyl (C=O) groups excluding carboxylic acids is 1. The van der Waals surface area contributed by atoms with E-state index in [4.69, 9.17) is 14.0 Å². The number of allylic oxidation sites excluding steroid dienone is 2. The molecule has 1 aliphatic carbocycles. The van der Waals surface area contributed by atoms with Crippen molar-refractivity contribution in [3.8, 4) is 17.2 Å². The Morgan fingerprint density at radius 3 is 2.42 bits per heavy atom. The number of carbonyl (C=O) groups is 1. The van der Waals surface area contributed by atoms with E-state index < -0.39 is 13.6 Å². The van der Waals surface area contributed by atoms with Gasteiger partial charge < -0.3 is 19.3 Å². The molecule has 0 saturated carbocycles. The van der Waals surface area contributed by atoms with Crippen LogP contribution in [0.3, 0.4) is 0 Å². The second-order valence-corrected chi connectivity index (χ2v) is 9.67. The van der Waals surface area contributed by atoms with Crippen molar-refractivity contribution in [3.05, 3.63) is 88.5 Å². The average molecular weight is 540 g/mol. The Bertz CT molecular complexity index is 1460. The molecular weight excluding hydrogens is 514 g/mol. The molecule has 11 heteroatoms. The SMILES string of the molecule is COc1cc(/C=C2/C(C)=C(CC(=O)NCc3cccnc3)c3cc(F)ccc32)cc(OC)c1OP(=O)(O)O. The van der Waals surface area contributed by atoms with Crippen molar-refractivity contribution >= 4 is 31.0 Å². The molecule has 0 aliphatic heterocycles. The Balaban J connectivity index is 1.70. The smallest absolute Gasteiger partial charge is 0.493 e. The normalized spacial score (nSPS) is 13.9. The molecular formula is C27H26FN2O7P. The molecule has 1 aromatic heterocycles. The molecule has 3 aromatic rings. The first-order valence-corrected chi connectivity index (χ1v) is 13.0. The number of nitrogens with one attached hydrogen (secondary N) is 1. The fraction of sp³-hybridized carbons (Fsp3) is 0.185. The van der Waals surface area contributed by atoms with Crippen LogP contribution in [0.15, 0.2) is 60.4 Å². The van der Waals surface area contributed by atoms with Crippen LogP contribution in [0.1, 0.15) is 35.6 Å². The van der Waals surface area contributed by atoms with Gasteiger partial charge in [0, 0.05) is 18.9 Å². The quantitative estimate of drug-likeness (QED) is 0.332. The van der Waals surface area contributed by atoms with Gasteiger partial charge >= 0.3 is 7.82 Å². The highest BCUT2D eigenvalue weighted by Gasteiger charge is 2.27. The number of halogens is 1. The largest absolute Gasteiger partial charge is 0.525 e. The molecule has 2 aromatic carbocycles. The van der Waals surface area contributed by atoms with Crippen LogP contribution in [-0.2, 0) is 15.9 Å². The van der Waals surface area contributed by atoms with Crippen molar-refractivity contribution in [1.82, 2.24) is 10.3 Å². The third kappa shape index (κ3) is 6.11. The summed E-state index contributed by atoms with van der Waals surface area (Å²) in [5.41, 5.74) is 5.02. The topological polar surface area (TPSA) is 127 Å². The van der Waals surface area contributed by atoms with Gasteiger partial charge in [-0.15, -0.1) is 0 Å². The summed E-state index contributed by atoms with van der Waals surface area (Å²) in [6, 6.07) is 11.1. The van der Waals surface area contributed by atoms with Crippen LogP contribution in [0.25, 0.3) is 17.2 Å². The summed E-state index contributed by atoms with van der Waals surface area (Å²) in [5.74, 6) is -0.783. The molecule has 0 unspecified atom stereocenters. The van der Waals surface area contributed by atoms with Gasteiger partial charge in [-0.1, -0.05) is 12.1 Å². The maximum Gasteiger partial charge on any atom is 0.525 e. The Morgan fingerprint density at radius 1 is 1.11 bits per heavy atom. The van der Waals surface area contributed by atoms with Gasteiger partial charge in [-0.2, -0.15) is 0 Å². The van der Waals surface area contributed by atoms with Crippen LogP contribution in [-0.4, -0.2) is 34.9 Å². The molecule has 38 heavy (non-hydrogen) atoms. The van der Waals surface area contributed by atoms with E-state index >= 15 is 0 Å². The number of hydrogen-bond donors (Lipinski definition) is 3. The lowest BCUT2D eigenvalue weighted by Crippen LogP contribution is -2.22. The number of phosphoric acid groups is 1. The van der Waals surface area contributed by atoms with Gasteiger partial charge in [0.25, 0.3) is 0 Å². The van der Waals surface area contributed by atoms with E-state index in [2.05, 4.69) is 10.3 Å². The van der Waals surface area contributed by atoms with Crippen molar-refractivity contribution in [3.63, 3.8) is 0 Å². The lowest BCUT2D eigenvalue weighted by atomic mass is 10.00. The van der Waals surface area contributed by atoms with E-state index in [0.29, 0.717) is 23.2 Å². The lowest BCUT2D eigenvalue weighted by molar-refractivity contribution is -0.120. The van der Waals surface area contributed by atoms with E-state index in [-0.39, 0.29) is 29.6 Å². The van der Waals surface area contributed by atoms with Crippen molar-refractivity contribution in [1.29, 1.82) is 0 Å². The molecule has 0 atom stereocenters. The zero-order chi connectivity index (χ0) is 27.4. The second kappa shape index (κ2) is 11.2. The number of methoxy groups -OCH3 is 2. The Labute approximate surface area is 218 Å². The summed E-state index contributed by atoms with van der Waals surface area (Å²) in [7, 11) is -2.21. The van der Waals surface area contributed by atoms with Crippen molar-refractivity contribution in [2.75, 3.05) is 14.2 Å². The summed E-state index contributed by atoms with van der Waals surface area (Å²) >= 11 is 0. The molecule has 0 radical (unpaired) electrons. The molecule has 0 saturated heterocycles. The van der Waals surface area contributed by atoms with E-state index in [1.54, 1.807) is 30.6 Å². The number of ether oxygens (including phenoxy) is 2. The van der Waals surface area contributed by atoms with Crippen molar-refractivity contribution in [2.45, 2.75) is 19.9 Å². The number of aromatic nitrogens is 1. The van der Waals surface area contributed by atoms with Gasteiger partial charge in [0.15, 0.2) is 11.5 Å². The number of nitrogens with zero attached hydrogens (tertiary/aromatic N) is 1. The minimum absolute atomic E-state index is 0.0432. The van der Waals surface area contributed by atoms with Gasteiger partial charge in [-0.05, 0) is 82.3 Å². The van der Waals surface area contributed by atoms with Gasteiger partial charge in [-0.25, -0.2) is 8.96 Å². The number of rotatable bonds is 9. The third-order valence-electron chi connectivity index (χ3n) is 6.01. The maximum absolute atomic E-state index is 14.2. The van der Waals surface area contributed by atoms with Crippen LogP contribution >= 0.6 is 7.82 Å². The first kappa shape index (κ1) is 27.1. The van der Waals surface area contributed by atoms with Crippen LogP contribution in [0, 0.1) is 5.82 Å². The lowest BCUT2D eigenvalue weighted by Gasteiger charge is -2.16. The first-order valence-electron chi connectivity index (χ1n) is 11.5. The summed E-state index contributed by atoms with van der Waals surface area (Å²) in [5, 5.41) is 2.87. The number of benzene rings is 2. The predicted octanol–water partition coefficient (Wildman–Crippen LogP) is 4.74. The van der Waals surface area contributed by atoms with Crippen LogP contribution in [0.2, 0.25) is 0 Å². The third-order valence-corrected chi connectivity index (χ3v) is 6.43. The predicted molar refractivity (Wildman–Crippen MR) is 140 cm³/mol. The Kier molecular flexibility index (Phi) is 7.97. The molecule has 1 heterocycles. The number of fused-ring (bicyclic) bond motifs is 1. The van der Waals surface area contributed by atoms with Crippen LogP contribution in [0.4, 0.5) is 4.39 Å². The minimum atomic E-state index is -4.88. The first-order chi connectivity index (χ1) is 18.1. The second-order valence-electron chi connectivity index (χ2n) is 8.50. The Morgan fingerprint density at radius 2 is 1.82 bits per heavy atom. The number of phosphoric ester groups is 1. The molecule has 1 amide bonds. The number of pyridine rings is 1. The number of amides is 1. The fourth-order valence-corrected chi connectivity index (χ4v) is 4.68. The van der Waals surface area contributed by atoms with Gasteiger partial charge in [0.1, 0.15) is 5.82 Å². The zero-order valence-electron chi connectivity index (χ0n) is 20.9. The average Bonchev–Trinajstić information content (AvgIpc) is 3.12. The van der Waals surface area contributed by atoms with Crippen molar-refractivity contribution < 1.29 is 37.5 Å². The molecule has 4 rings (SSSR count). The van der Waals surface area contributed by atoms with Gasteiger partial charge in [0.05, 0.1) is 20.6 Å². The summed E-state index contributed by atoms with van der Waals surface area (Å²) in [4.78, 5) is 35.4. The molecule has 0 bridgehead atoms. The Hall–Kier alpha value is -3.98. The monoisotopic (exact) mass is 540 g/mol. The number of hydrogen-bond acceptors (Lipinski definition) is 6. The summed E-state index contributed by atoms with van der Waals surface area (Å²) in [6.07, 6.45) is 5.17. The van der Waals surface area contributed by atoms with E-state index in [0.717, 1.165) is 22.3 Å². The highest BCUT2D eigenvalue weighted by Crippen LogP contribution is 2.49. The van der Waals surface area contributed by atoms with E-state index in [9.17, 15) is 23.5 Å². The maximum atomic E-state index is 14.2. The fourth-order valence-electron chi connectivity index (χ4n) is 4.27. The van der Waals surface area contributed by atoms with Crippen molar-refractivity contribution in [2.24, 2.45) is 0 Å². The summed E-state index contributed by atoms with van der Waals surface area (Å²) in [6.45, 7) is 2.17. The molecule has 0 fully saturated rings. The van der Waals surface area contributed by atoms with E-state index in [1.807, 2.05) is 13.0 Å². The highest BCUT2D eigenvalue weighted by molar-refractivity contribution is 7.46. The van der Waals surface area contributed by atoms with Crippen LogP contribution < -0.4 is 19.3 Å². The molecule has 3 N–H and O–H groups in total. The minimum Gasteiger partial charge on any atom is -0.493 e. The molecule has 1 aliphatic rings. The van der Waals surface area contributed by atoms with Gasteiger partial charge in [0.2, 0.25) is 11.7 Å². The van der Waals surface area contributed by atoms with Gasteiger partial charge in [-0.3, -0.25) is 19.6 Å². The standard InChI is InChI=1S/C27H26FN2O7P/c1-16-21(9-18-10-24(35-2)27(25(11-18)36-3)37-38(32,33)34)20-7-6-19(28)12-23(20)22(16)13-26(31)30-15-17-5-4-8-29-14-17/h4-12,14H,13,15H2,1-3H3,(H,30,31)(H2,32,33,34)/b21-9-. The molecule has 198 valence electrons. The van der Waals surface area contributed by atoms with E-state index in [1.165, 1.54) is 38.5 Å². The highest BCUT2D eigenvalue weighted by atomic mass is 31.2. The molecule has 0 spiro atoms. The van der Waals surface area contributed by atoms with Crippen LogP contribution in [0.5, 0.6) is 17.2 Å². The molecule has 9 nitrogen and oxygen atoms in total. The summed E-state index contributed by atoms with van der Waals surface area (Å²) < 4.78 is 41.0.